The van der Waals surface area contributed by atoms with Crippen LogP contribution in [0.15, 0.2) is 42.5 Å². The van der Waals surface area contributed by atoms with Gasteiger partial charge in [-0.2, -0.15) is 0 Å². The zero-order chi connectivity index (χ0) is 20.7. The number of fused-ring (bicyclic) bond motifs is 2. The van der Waals surface area contributed by atoms with Gasteiger partial charge in [-0.1, -0.05) is 35.1 Å². The van der Waals surface area contributed by atoms with E-state index >= 15 is 0 Å². The molecular formula is C21H19ClN6OS. The number of anilines is 2. The number of thiazole rings is 1. The van der Waals surface area contributed by atoms with E-state index in [0.717, 1.165) is 47.4 Å². The summed E-state index contributed by atoms with van der Waals surface area (Å²) in [5.41, 5.74) is 3.00. The molecule has 4 aromatic rings. The van der Waals surface area contributed by atoms with E-state index in [1.165, 1.54) is 11.3 Å². The third kappa shape index (κ3) is 3.69. The Bertz CT molecular complexity index is 1250. The Balaban J connectivity index is 1.40. The van der Waals surface area contributed by atoms with Crippen molar-refractivity contribution in [1.82, 2.24) is 24.8 Å². The van der Waals surface area contributed by atoms with Crippen LogP contribution in [0.5, 0.6) is 0 Å². The Hall–Kier alpha value is -2.81. The molecule has 3 heterocycles. The van der Waals surface area contributed by atoms with E-state index in [-0.39, 0.29) is 5.91 Å². The lowest BCUT2D eigenvalue weighted by atomic mass is 10.1. The van der Waals surface area contributed by atoms with Gasteiger partial charge in [0.1, 0.15) is 0 Å². The van der Waals surface area contributed by atoms with Crippen molar-refractivity contribution >= 4 is 61.0 Å². The Morgan fingerprint density at radius 2 is 1.73 bits per heavy atom. The van der Waals surface area contributed by atoms with Crippen molar-refractivity contribution in [3.05, 3.63) is 53.2 Å². The Kier molecular flexibility index (Phi) is 4.98. The van der Waals surface area contributed by atoms with Gasteiger partial charge >= 0.3 is 0 Å². The lowest BCUT2D eigenvalue weighted by Crippen LogP contribution is -2.47. The minimum Gasteiger partial charge on any atom is -0.336 e. The van der Waals surface area contributed by atoms with Gasteiger partial charge in [-0.3, -0.25) is 4.79 Å². The zero-order valence-electron chi connectivity index (χ0n) is 16.3. The summed E-state index contributed by atoms with van der Waals surface area (Å²) < 4.78 is 0.933. The minimum atomic E-state index is 0.0661. The molecule has 152 valence electrons. The molecule has 0 spiro atoms. The SMILES string of the molecule is CN1CCN(C(=O)c2ccc3nc(Nc4nc5ccccc5nc4Cl)sc3c2)CC1. The monoisotopic (exact) mass is 438 g/mol. The second kappa shape index (κ2) is 7.79. The Morgan fingerprint density at radius 3 is 2.50 bits per heavy atom. The van der Waals surface area contributed by atoms with Crippen LogP contribution < -0.4 is 5.32 Å². The van der Waals surface area contributed by atoms with Crippen molar-refractivity contribution in [2.24, 2.45) is 0 Å². The topological polar surface area (TPSA) is 74.2 Å². The number of carbonyl (C=O) groups excluding carboxylic acids is 1. The van der Waals surface area contributed by atoms with Gasteiger partial charge in [0.25, 0.3) is 5.91 Å². The number of carbonyl (C=O) groups is 1. The number of para-hydroxylation sites is 2. The molecule has 0 aliphatic carbocycles. The molecule has 0 atom stereocenters. The number of nitrogens with zero attached hydrogens (tertiary/aromatic N) is 5. The van der Waals surface area contributed by atoms with Gasteiger partial charge in [-0.05, 0) is 37.4 Å². The molecule has 9 heteroatoms. The average molecular weight is 439 g/mol. The number of halogens is 1. The van der Waals surface area contributed by atoms with Crippen LogP contribution in [0.25, 0.3) is 21.3 Å². The van der Waals surface area contributed by atoms with Gasteiger partial charge in [-0.15, -0.1) is 0 Å². The molecule has 0 unspecified atom stereocenters. The quantitative estimate of drug-likeness (QED) is 0.520. The first kappa shape index (κ1) is 19.2. The molecule has 7 nitrogen and oxygen atoms in total. The normalized spacial score (nSPS) is 15.1. The van der Waals surface area contributed by atoms with Crippen LogP contribution in [0.3, 0.4) is 0 Å². The van der Waals surface area contributed by atoms with Gasteiger partial charge in [0.15, 0.2) is 16.1 Å². The predicted octanol–water partition coefficient (Wildman–Crippen LogP) is 4.02. The maximum absolute atomic E-state index is 12.9. The lowest BCUT2D eigenvalue weighted by Gasteiger charge is -2.32. The molecule has 1 fully saturated rings. The number of hydrogen-bond acceptors (Lipinski definition) is 7. The van der Waals surface area contributed by atoms with E-state index in [2.05, 4.69) is 32.2 Å². The van der Waals surface area contributed by atoms with Crippen LogP contribution >= 0.6 is 22.9 Å². The number of amides is 1. The first-order valence-electron chi connectivity index (χ1n) is 9.64. The lowest BCUT2D eigenvalue weighted by molar-refractivity contribution is 0.0664. The maximum Gasteiger partial charge on any atom is 0.253 e. The summed E-state index contributed by atoms with van der Waals surface area (Å²) in [6, 6.07) is 13.2. The molecule has 2 aromatic carbocycles. The molecular weight excluding hydrogens is 420 g/mol. The molecule has 1 N–H and O–H groups in total. The second-order valence-electron chi connectivity index (χ2n) is 7.27. The molecule has 0 bridgehead atoms. The molecule has 30 heavy (non-hydrogen) atoms. The third-order valence-corrected chi connectivity index (χ3v) is 6.38. The largest absolute Gasteiger partial charge is 0.336 e. The molecule has 1 aliphatic rings. The van der Waals surface area contributed by atoms with E-state index in [0.29, 0.717) is 21.7 Å². The molecule has 1 saturated heterocycles. The summed E-state index contributed by atoms with van der Waals surface area (Å²) >= 11 is 7.76. The average Bonchev–Trinajstić information content (AvgIpc) is 3.16. The van der Waals surface area contributed by atoms with Crippen molar-refractivity contribution in [2.45, 2.75) is 0 Å². The number of piperazine rings is 1. The number of likely N-dealkylation sites (N-methyl/N-ethyl adjacent to an activating group) is 1. The molecule has 1 aliphatic heterocycles. The maximum atomic E-state index is 12.9. The van der Waals surface area contributed by atoms with Crippen molar-refractivity contribution in [3.8, 4) is 0 Å². The van der Waals surface area contributed by atoms with Gasteiger partial charge in [-0.25, -0.2) is 15.0 Å². The Morgan fingerprint density at radius 1 is 1.00 bits per heavy atom. The Labute approximate surface area is 182 Å². The van der Waals surface area contributed by atoms with Crippen LogP contribution in [-0.4, -0.2) is 63.9 Å². The number of benzene rings is 2. The first-order valence-corrected chi connectivity index (χ1v) is 10.8. The van der Waals surface area contributed by atoms with E-state index in [4.69, 9.17) is 11.6 Å². The summed E-state index contributed by atoms with van der Waals surface area (Å²) in [6.07, 6.45) is 0. The number of nitrogens with one attached hydrogen (secondary N) is 1. The van der Waals surface area contributed by atoms with E-state index in [1.807, 2.05) is 47.4 Å². The first-order chi connectivity index (χ1) is 14.6. The predicted molar refractivity (Wildman–Crippen MR) is 121 cm³/mol. The second-order valence-corrected chi connectivity index (χ2v) is 8.66. The molecule has 5 rings (SSSR count). The van der Waals surface area contributed by atoms with Crippen LogP contribution in [0.4, 0.5) is 10.9 Å². The van der Waals surface area contributed by atoms with Crippen molar-refractivity contribution < 1.29 is 4.79 Å². The standard InChI is InChI=1S/C21H19ClN6OS/c1-27-8-10-28(11-9-27)20(29)13-6-7-16-17(12-13)30-21(25-16)26-19-18(22)23-14-4-2-3-5-15(14)24-19/h2-7,12H,8-11H2,1H3,(H,24,25,26). The van der Waals surface area contributed by atoms with Crippen LogP contribution in [0, 0.1) is 0 Å². The van der Waals surface area contributed by atoms with Crippen molar-refractivity contribution in [3.63, 3.8) is 0 Å². The summed E-state index contributed by atoms with van der Waals surface area (Å²) in [7, 11) is 2.08. The van der Waals surface area contributed by atoms with Crippen molar-refractivity contribution in [2.75, 3.05) is 38.5 Å². The fourth-order valence-corrected chi connectivity index (χ4v) is 4.55. The van der Waals surface area contributed by atoms with E-state index < -0.39 is 0 Å². The smallest absolute Gasteiger partial charge is 0.253 e. The fraction of sp³-hybridized carbons (Fsp3) is 0.238. The van der Waals surface area contributed by atoms with Crippen LogP contribution in [0.2, 0.25) is 5.15 Å². The highest BCUT2D eigenvalue weighted by Gasteiger charge is 2.21. The van der Waals surface area contributed by atoms with E-state index in [9.17, 15) is 4.79 Å². The number of hydrogen-bond donors (Lipinski definition) is 1. The third-order valence-electron chi connectivity index (χ3n) is 5.18. The van der Waals surface area contributed by atoms with Gasteiger partial charge < -0.3 is 15.1 Å². The fourth-order valence-electron chi connectivity index (χ4n) is 3.46. The van der Waals surface area contributed by atoms with Crippen LogP contribution in [-0.2, 0) is 0 Å². The van der Waals surface area contributed by atoms with Crippen LogP contribution in [0.1, 0.15) is 10.4 Å². The molecule has 2 aromatic heterocycles. The highest BCUT2D eigenvalue weighted by atomic mass is 35.5. The zero-order valence-corrected chi connectivity index (χ0v) is 17.9. The number of rotatable bonds is 3. The summed E-state index contributed by atoms with van der Waals surface area (Å²) in [5.74, 6) is 0.527. The summed E-state index contributed by atoms with van der Waals surface area (Å²) in [6.45, 7) is 3.30. The van der Waals surface area contributed by atoms with E-state index in [1.54, 1.807) is 0 Å². The van der Waals surface area contributed by atoms with Gasteiger partial charge in [0.2, 0.25) is 0 Å². The van der Waals surface area contributed by atoms with Gasteiger partial charge in [0, 0.05) is 31.7 Å². The molecule has 0 saturated carbocycles. The molecule has 0 radical (unpaired) electrons. The van der Waals surface area contributed by atoms with Crippen molar-refractivity contribution in [1.29, 1.82) is 0 Å². The minimum absolute atomic E-state index is 0.0661. The summed E-state index contributed by atoms with van der Waals surface area (Å²) in [4.78, 5) is 30.5. The molecule has 1 amide bonds. The number of aromatic nitrogens is 3. The van der Waals surface area contributed by atoms with Gasteiger partial charge in [0.05, 0.1) is 21.3 Å². The summed E-state index contributed by atoms with van der Waals surface area (Å²) in [5, 5.41) is 4.12. The highest BCUT2D eigenvalue weighted by molar-refractivity contribution is 7.22. The highest BCUT2D eigenvalue weighted by Crippen LogP contribution is 2.31.